The average molecular weight is 281 g/mol. The number of hydrogen-bond donors (Lipinski definition) is 1. The minimum Gasteiger partial charge on any atom is -0.350 e. The first-order chi connectivity index (χ1) is 10.2. The van der Waals surface area contributed by atoms with Gasteiger partial charge in [0.15, 0.2) is 0 Å². The number of amides is 1. The molecule has 4 nitrogen and oxygen atoms in total. The molecular formula is C17H19N3O. The van der Waals surface area contributed by atoms with Crippen molar-refractivity contribution in [2.24, 2.45) is 0 Å². The lowest BCUT2D eigenvalue weighted by Crippen LogP contribution is -2.25. The number of hydrogen-bond acceptors (Lipinski definition) is 3. The molecule has 108 valence electrons. The molecule has 0 aliphatic heterocycles. The van der Waals surface area contributed by atoms with Gasteiger partial charge in [-0.25, -0.2) is 9.97 Å². The van der Waals surface area contributed by atoms with Crippen molar-refractivity contribution in [1.82, 2.24) is 15.3 Å². The molecule has 21 heavy (non-hydrogen) atoms. The first-order valence-electron chi connectivity index (χ1n) is 7.34. The lowest BCUT2D eigenvalue weighted by molar-refractivity contribution is -0.120. The van der Waals surface area contributed by atoms with Crippen LogP contribution in [0.4, 0.5) is 0 Å². The van der Waals surface area contributed by atoms with Gasteiger partial charge >= 0.3 is 0 Å². The van der Waals surface area contributed by atoms with Gasteiger partial charge in [-0.1, -0.05) is 29.8 Å². The molecule has 0 spiro atoms. The van der Waals surface area contributed by atoms with Crippen molar-refractivity contribution >= 4 is 5.91 Å². The number of aryl methyl sites for hydroxylation is 1. The summed E-state index contributed by atoms with van der Waals surface area (Å²) in [5.41, 5.74) is 4.21. The van der Waals surface area contributed by atoms with Gasteiger partial charge in [0.2, 0.25) is 5.91 Å². The highest BCUT2D eigenvalue weighted by atomic mass is 16.1. The number of nitrogens with zero attached hydrogens (tertiary/aromatic N) is 2. The zero-order valence-electron chi connectivity index (χ0n) is 12.2. The number of rotatable bonds is 5. The third-order valence-corrected chi connectivity index (χ3v) is 3.69. The van der Waals surface area contributed by atoms with E-state index in [0.717, 1.165) is 17.0 Å². The second-order valence-electron chi connectivity index (χ2n) is 5.65. The van der Waals surface area contributed by atoms with Gasteiger partial charge in [0.05, 0.1) is 18.7 Å². The molecule has 0 saturated heterocycles. The summed E-state index contributed by atoms with van der Waals surface area (Å²) >= 11 is 0. The number of carbonyl (C=O) groups is 1. The Morgan fingerprint density at radius 1 is 1.24 bits per heavy atom. The summed E-state index contributed by atoms with van der Waals surface area (Å²) in [6, 6.07) is 10.0. The predicted molar refractivity (Wildman–Crippen MR) is 80.7 cm³/mol. The third kappa shape index (κ3) is 3.88. The Hall–Kier alpha value is -2.23. The molecule has 1 saturated carbocycles. The summed E-state index contributed by atoms with van der Waals surface area (Å²) in [7, 11) is 0. The molecule has 4 heteroatoms. The third-order valence-electron chi connectivity index (χ3n) is 3.69. The van der Waals surface area contributed by atoms with E-state index in [0.29, 0.717) is 18.9 Å². The molecule has 0 bridgehead atoms. The van der Waals surface area contributed by atoms with Gasteiger partial charge in [-0.3, -0.25) is 4.79 Å². The van der Waals surface area contributed by atoms with E-state index >= 15 is 0 Å². The molecule has 1 fully saturated rings. The SMILES string of the molecule is Cc1ccc(CC(=O)NCc2cc(C3CC3)ncn2)cc1. The highest BCUT2D eigenvalue weighted by Gasteiger charge is 2.25. The monoisotopic (exact) mass is 281 g/mol. The fraction of sp³-hybridized carbons (Fsp3) is 0.353. The summed E-state index contributed by atoms with van der Waals surface area (Å²) < 4.78 is 0. The summed E-state index contributed by atoms with van der Waals surface area (Å²) in [4.78, 5) is 20.4. The minimum absolute atomic E-state index is 0.0189. The van der Waals surface area contributed by atoms with Crippen LogP contribution in [0.5, 0.6) is 0 Å². The lowest BCUT2D eigenvalue weighted by atomic mass is 10.1. The quantitative estimate of drug-likeness (QED) is 0.916. The van der Waals surface area contributed by atoms with Gasteiger partial charge in [0, 0.05) is 11.6 Å². The number of nitrogens with one attached hydrogen (secondary N) is 1. The van der Waals surface area contributed by atoms with E-state index in [1.807, 2.05) is 37.3 Å². The second kappa shape index (κ2) is 6.04. The molecule has 1 N–H and O–H groups in total. The molecule has 3 rings (SSSR count). The minimum atomic E-state index is 0.0189. The second-order valence-corrected chi connectivity index (χ2v) is 5.65. The number of carbonyl (C=O) groups excluding carboxylic acids is 1. The van der Waals surface area contributed by atoms with Crippen molar-refractivity contribution in [2.75, 3.05) is 0 Å². The summed E-state index contributed by atoms with van der Waals surface area (Å²) in [5.74, 6) is 0.625. The van der Waals surface area contributed by atoms with E-state index in [1.165, 1.54) is 18.4 Å². The van der Waals surface area contributed by atoms with Crippen LogP contribution < -0.4 is 5.32 Å². The number of benzene rings is 1. The first kappa shape index (κ1) is 13.7. The van der Waals surface area contributed by atoms with Crippen LogP contribution in [0.25, 0.3) is 0 Å². The fourth-order valence-corrected chi connectivity index (χ4v) is 2.26. The molecular weight excluding hydrogens is 262 g/mol. The number of aromatic nitrogens is 2. The molecule has 1 aromatic heterocycles. The maximum absolute atomic E-state index is 11.9. The van der Waals surface area contributed by atoms with Crippen molar-refractivity contribution in [1.29, 1.82) is 0 Å². The van der Waals surface area contributed by atoms with Crippen LogP contribution >= 0.6 is 0 Å². The lowest BCUT2D eigenvalue weighted by Gasteiger charge is -2.06. The Morgan fingerprint density at radius 2 is 2.00 bits per heavy atom. The molecule has 1 aliphatic carbocycles. The molecule has 0 unspecified atom stereocenters. The molecule has 0 radical (unpaired) electrons. The summed E-state index contributed by atoms with van der Waals surface area (Å²) in [6.07, 6.45) is 4.43. The van der Waals surface area contributed by atoms with Gasteiger partial charge in [-0.15, -0.1) is 0 Å². The average Bonchev–Trinajstić information content (AvgIpc) is 3.33. The highest BCUT2D eigenvalue weighted by molar-refractivity contribution is 5.78. The maximum atomic E-state index is 11.9. The van der Waals surface area contributed by atoms with Crippen molar-refractivity contribution in [3.8, 4) is 0 Å². The molecule has 0 atom stereocenters. The molecule has 1 amide bonds. The maximum Gasteiger partial charge on any atom is 0.224 e. The normalized spacial score (nSPS) is 14.0. The van der Waals surface area contributed by atoms with Crippen molar-refractivity contribution in [2.45, 2.75) is 38.6 Å². The predicted octanol–water partition coefficient (Wildman–Crippen LogP) is 2.52. The van der Waals surface area contributed by atoms with Gasteiger partial charge in [0.25, 0.3) is 0 Å². The van der Waals surface area contributed by atoms with Crippen LogP contribution in [0, 0.1) is 6.92 Å². The Balaban J connectivity index is 1.53. The fourth-order valence-electron chi connectivity index (χ4n) is 2.26. The van der Waals surface area contributed by atoms with Crippen LogP contribution in [0.3, 0.4) is 0 Å². The van der Waals surface area contributed by atoms with Gasteiger partial charge in [-0.2, -0.15) is 0 Å². The zero-order valence-corrected chi connectivity index (χ0v) is 12.2. The van der Waals surface area contributed by atoms with Crippen LogP contribution in [0.15, 0.2) is 36.7 Å². The molecule has 1 heterocycles. The first-order valence-corrected chi connectivity index (χ1v) is 7.34. The largest absolute Gasteiger partial charge is 0.350 e. The van der Waals surface area contributed by atoms with E-state index in [9.17, 15) is 4.79 Å². The molecule has 2 aromatic rings. The van der Waals surface area contributed by atoms with Crippen molar-refractivity contribution < 1.29 is 4.79 Å². The summed E-state index contributed by atoms with van der Waals surface area (Å²) in [5, 5.41) is 2.92. The molecule has 1 aliphatic rings. The van der Waals surface area contributed by atoms with Crippen LogP contribution in [-0.2, 0) is 17.8 Å². The van der Waals surface area contributed by atoms with Crippen LogP contribution in [0.1, 0.15) is 41.3 Å². The Morgan fingerprint density at radius 3 is 2.71 bits per heavy atom. The highest BCUT2D eigenvalue weighted by Crippen LogP contribution is 2.38. The smallest absolute Gasteiger partial charge is 0.224 e. The van der Waals surface area contributed by atoms with E-state index in [-0.39, 0.29) is 5.91 Å². The van der Waals surface area contributed by atoms with Gasteiger partial charge in [0.1, 0.15) is 6.33 Å². The zero-order chi connectivity index (χ0) is 14.7. The standard InChI is InChI=1S/C17H19N3O/c1-12-2-4-13(5-3-12)8-17(21)18-10-15-9-16(14-6-7-14)20-11-19-15/h2-5,9,11,14H,6-8,10H2,1H3,(H,18,21). The van der Waals surface area contributed by atoms with Gasteiger partial charge in [-0.05, 0) is 31.4 Å². The van der Waals surface area contributed by atoms with E-state index < -0.39 is 0 Å². The topological polar surface area (TPSA) is 54.9 Å². The Bertz CT molecular complexity index is 633. The summed E-state index contributed by atoms with van der Waals surface area (Å²) in [6.45, 7) is 2.50. The Labute approximate surface area is 124 Å². The van der Waals surface area contributed by atoms with Crippen LogP contribution in [0.2, 0.25) is 0 Å². The van der Waals surface area contributed by atoms with Crippen molar-refractivity contribution in [3.05, 3.63) is 59.2 Å². The van der Waals surface area contributed by atoms with E-state index in [4.69, 9.17) is 0 Å². The van der Waals surface area contributed by atoms with Gasteiger partial charge < -0.3 is 5.32 Å². The molecule has 1 aromatic carbocycles. The Kier molecular flexibility index (Phi) is 3.95. The van der Waals surface area contributed by atoms with Crippen LogP contribution in [-0.4, -0.2) is 15.9 Å². The van der Waals surface area contributed by atoms with E-state index in [2.05, 4.69) is 15.3 Å². The van der Waals surface area contributed by atoms with E-state index in [1.54, 1.807) is 6.33 Å². The van der Waals surface area contributed by atoms with Crippen molar-refractivity contribution in [3.63, 3.8) is 0 Å².